The first kappa shape index (κ1) is 15.8. The molecule has 2 aromatic heterocycles. The molecule has 1 N–H and O–H groups in total. The fourth-order valence-corrected chi connectivity index (χ4v) is 3.17. The number of hydrogen-bond donors (Lipinski definition) is 1. The number of rotatable bonds is 5. The summed E-state index contributed by atoms with van der Waals surface area (Å²) in [5, 5.41) is 7.85. The molecule has 5 nitrogen and oxygen atoms in total. The van der Waals surface area contributed by atoms with Gasteiger partial charge in [0.1, 0.15) is 0 Å². The number of nitrogens with one attached hydrogen (secondary N) is 1. The molecule has 0 saturated heterocycles. The molecule has 25 heavy (non-hydrogen) atoms. The van der Waals surface area contributed by atoms with Crippen molar-refractivity contribution in [1.82, 2.24) is 20.1 Å². The maximum Gasteiger partial charge on any atom is 0.224 e. The third kappa shape index (κ3) is 3.56. The summed E-state index contributed by atoms with van der Waals surface area (Å²) in [4.78, 5) is 16.7. The molecule has 0 aliphatic heterocycles. The predicted molar refractivity (Wildman–Crippen MR) is 95.5 cm³/mol. The van der Waals surface area contributed by atoms with Crippen LogP contribution in [0.1, 0.15) is 23.5 Å². The number of hydrogen-bond acceptors (Lipinski definition) is 3. The Morgan fingerprint density at radius 3 is 2.92 bits per heavy atom. The highest BCUT2D eigenvalue weighted by atomic mass is 35.5. The van der Waals surface area contributed by atoms with E-state index >= 15 is 0 Å². The lowest BCUT2D eigenvalue weighted by Crippen LogP contribution is -2.25. The van der Waals surface area contributed by atoms with Gasteiger partial charge in [0.2, 0.25) is 5.91 Å². The van der Waals surface area contributed by atoms with E-state index in [1.54, 1.807) is 17.1 Å². The maximum absolute atomic E-state index is 12.3. The van der Waals surface area contributed by atoms with Crippen LogP contribution in [0.4, 0.5) is 0 Å². The highest BCUT2D eigenvalue weighted by molar-refractivity contribution is 6.30. The third-order valence-electron chi connectivity index (χ3n) is 4.42. The summed E-state index contributed by atoms with van der Waals surface area (Å²) in [6.45, 7) is 0.476. The van der Waals surface area contributed by atoms with Gasteiger partial charge in [-0.15, -0.1) is 0 Å². The van der Waals surface area contributed by atoms with E-state index in [0.717, 1.165) is 23.4 Å². The first-order valence-electron chi connectivity index (χ1n) is 8.19. The molecule has 4 rings (SSSR count). The van der Waals surface area contributed by atoms with Crippen LogP contribution in [0.2, 0.25) is 5.02 Å². The number of pyridine rings is 1. The smallest absolute Gasteiger partial charge is 0.224 e. The second-order valence-electron chi connectivity index (χ2n) is 6.20. The van der Waals surface area contributed by atoms with Crippen LogP contribution in [0.5, 0.6) is 0 Å². The van der Waals surface area contributed by atoms with Crippen molar-refractivity contribution in [2.75, 3.05) is 0 Å². The first-order valence-corrected chi connectivity index (χ1v) is 8.56. The van der Waals surface area contributed by atoms with Crippen LogP contribution in [-0.4, -0.2) is 20.7 Å². The molecule has 0 radical (unpaired) electrons. The van der Waals surface area contributed by atoms with Crippen LogP contribution < -0.4 is 5.32 Å². The number of amides is 1. The Bertz CT molecular complexity index is 877. The number of halogens is 1. The lowest BCUT2D eigenvalue weighted by molar-refractivity contribution is -0.122. The highest BCUT2D eigenvalue weighted by Gasteiger charge is 2.43. The van der Waals surface area contributed by atoms with Crippen LogP contribution in [0.3, 0.4) is 0 Å². The van der Waals surface area contributed by atoms with E-state index in [4.69, 9.17) is 11.6 Å². The van der Waals surface area contributed by atoms with Gasteiger partial charge in [-0.2, -0.15) is 5.10 Å². The molecule has 1 aromatic carbocycles. The third-order valence-corrected chi connectivity index (χ3v) is 4.65. The van der Waals surface area contributed by atoms with Gasteiger partial charge >= 0.3 is 0 Å². The Kier molecular flexibility index (Phi) is 4.24. The summed E-state index contributed by atoms with van der Waals surface area (Å²) in [6.07, 6.45) is 6.19. The minimum Gasteiger partial charge on any atom is -0.352 e. The van der Waals surface area contributed by atoms with Crippen LogP contribution in [0, 0.1) is 5.92 Å². The van der Waals surface area contributed by atoms with E-state index in [1.807, 2.05) is 48.7 Å². The fourth-order valence-electron chi connectivity index (χ4n) is 2.97. The lowest BCUT2D eigenvalue weighted by Gasteiger charge is -2.06. The number of carbonyl (C=O) groups is 1. The van der Waals surface area contributed by atoms with Crippen molar-refractivity contribution in [2.45, 2.75) is 18.9 Å². The molecule has 6 heteroatoms. The van der Waals surface area contributed by atoms with Gasteiger partial charge in [-0.05, 0) is 47.7 Å². The largest absolute Gasteiger partial charge is 0.352 e. The zero-order valence-corrected chi connectivity index (χ0v) is 14.2. The molecule has 1 fully saturated rings. The Balaban J connectivity index is 1.32. The van der Waals surface area contributed by atoms with Crippen molar-refractivity contribution in [3.05, 3.63) is 77.2 Å². The molecule has 2 atom stereocenters. The number of benzene rings is 1. The SMILES string of the molecule is O=C(NCc1ccc(-n2cccn2)nc1)[C@H]1C[C@H]1c1cccc(Cl)c1. The summed E-state index contributed by atoms with van der Waals surface area (Å²) in [5.41, 5.74) is 2.10. The number of carbonyl (C=O) groups excluding carboxylic acids is 1. The minimum atomic E-state index is 0.0368. The second kappa shape index (κ2) is 6.69. The van der Waals surface area contributed by atoms with Crippen LogP contribution >= 0.6 is 11.6 Å². The maximum atomic E-state index is 12.3. The van der Waals surface area contributed by atoms with E-state index < -0.39 is 0 Å². The first-order chi connectivity index (χ1) is 12.2. The molecule has 1 aliphatic carbocycles. The summed E-state index contributed by atoms with van der Waals surface area (Å²) >= 11 is 6.02. The summed E-state index contributed by atoms with van der Waals surface area (Å²) < 4.78 is 1.70. The van der Waals surface area contributed by atoms with E-state index in [-0.39, 0.29) is 17.7 Å². The quantitative estimate of drug-likeness (QED) is 0.766. The Morgan fingerprint density at radius 1 is 1.28 bits per heavy atom. The monoisotopic (exact) mass is 352 g/mol. The molecule has 0 spiro atoms. The Morgan fingerprint density at radius 2 is 2.20 bits per heavy atom. The normalized spacial score (nSPS) is 18.8. The van der Waals surface area contributed by atoms with Crippen LogP contribution in [0.15, 0.2) is 61.1 Å². The lowest BCUT2D eigenvalue weighted by atomic mass is 10.1. The van der Waals surface area contributed by atoms with Crippen LogP contribution in [-0.2, 0) is 11.3 Å². The van der Waals surface area contributed by atoms with Crippen molar-refractivity contribution < 1.29 is 4.79 Å². The van der Waals surface area contributed by atoms with Crippen molar-refractivity contribution in [2.24, 2.45) is 5.92 Å². The molecule has 1 amide bonds. The van der Waals surface area contributed by atoms with E-state index in [1.165, 1.54) is 0 Å². The minimum absolute atomic E-state index is 0.0368. The van der Waals surface area contributed by atoms with Gasteiger partial charge < -0.3 is 5.32 Å². The van der Waals surface area contributed by atoms with Gasteiger partial charge in [-0.1, -0.05) is 29.8 Å². The standard InChI is InChI=1S/C19H17ClN4O/c20-15-4-1-3-14(9-15)16-10-17(16)19(25)22-12-13-5-6-18(21-11-13)24-8-2-7-23-24/h1-9,11,16-17H,10,12H2,(H,22,25)/t16-,17-/m0/s1. The van der Waals surface area contributed by atoms with Gasteiger partial charge in [0.15, 0.2) is 5.82 Å². The Hall–Kier alpha value is -2.66. The Labute approximate surface area is 150 Å². The zero-order chi connectivity index (χ0) is 17.2. The average Bonchev–Trinajstić information content (AvgIpc) is 3.25. The zero-order valence-electron chi connectivity index (χ0n) is 13.5. The summed E-state index contributed by atoms with van der Waals surface area (Å²) in [6, 6.07) is 13.4. The van der Waals surface area contributed by atoms with Gasteiger partial charge in [0.05, 0.1) is 0 Å². The summed E-state index contributed by atoms with van der Waals surface area (Å²) in [7, 11) is 0. The predicted octanol–water partition coefficient (Wildman–Crippen LogP) is 3.34. The molecule has 2 heterocycles. The topological polar surface area (TPSA) is 59.8 Å². The molecular formula is C19H17ClN4O. The molecule has 0 bridgehead atoms. The summed E-state index contributed by atoms with van der Waals surface area (Å²) in [5.74, 6) is 1.15. The number of nitrogens with zero attached hydrogens (tertiary/aromatic N) is 3. The van der Waals surface area contributed by atoms with Gasteiger partial charge in [-0.25, -0.2) is 9.67 Å². The molecule has 0 unspecified atom stereocenters. The second-order valence-corrected chi connectivity index (χ2v) is 6.63. The molecule has 1 saturated carbocycles. The van der Waals surface area contributed by atoms with E-state index in [0.29, 0.717) is 11.6 Å². The van der Waals surface area contributed by atoms with Crippen LogP contribution in [0.25, 0.3) is 5.82 Å². The van der Waals surface area contributed by atoms with Gasteiger partial charge in [-0.3, -0.25) is 4.79 Å². The fraction of sp³-hybridized carbons (Fsp3) is 0.211. The van der Waals surface area contributed by atoms with Gasteiger partial charge in [0.25, 0.3) is 0 Å². The van der Waals surface area contributed by atoms with Crippen molar-refractivity contribution in [1.29, 1.82) is 0 Å². The van der Waals surface area contributed by atoms with Crippen molar-refractivity contribution in [3.63, 3.8) is 0 Å². The van der Waals surface area contributed by atoms with Crippen molar-refractivity contribution in [3.8, 4) is 5.82 Å². The van der Waals surface area contributed by atoms with E-state index in [2.05, 4.69) is 15.4 Å². The number of aromatic nitrogens is 3. The molecular weight excluding hydrogens is 336 g/mol. The molecule has 126 valence electrons. The van der Waals surface area contributed by atoms with E-state index in [9.17, 15) is 4.79 Å². The highest BCUT2D eigenvalue weighted by Crippen LogP contribution is 2.47. The van der Waals surface area contributed by atoms with Crippen molar-refractivity contribution >= 4 is 17.5 Å². The molecule has 1 aliphatic rings. The average molecular weight is 353 g/mol. The van der Waals surface area contributed by atoms with Gasteiger partial charge in [0, 0.05) is 36.1 Å². The molecule has 3 aromatic rings.